The molecule has 0 unspecified atom stereocenters. The smallest absolute Gasteiger partial charge is 0.119 e. The Balaban J connectivity index is 1.34. The Morgan fingerprint density at radius 1 is 0.719 bits per heavy atom. The summed E-state index contributed by atoms with van der Waals surface area (Å²) < 4.78 is 22.9. The molecule has 0 aliphatic carbocycles. The van der Waals surface area contributed by atoms with E-state index >= 15 is 0 Å². The van der Waals surface area contributed by atoms with Crippen LogP contribution in [-0.4, -0.2) is 109 Å². The third-order valence-electron chi connectivity index (χ3n) is 5.64. The van der Waals surface area contributed by atoms with Gasteiger partial charge in [0, 0.05) is 39.3 Å². The second kappa shape index (κ2) is 12.2. The van der Waals surface area contributed by atoms with Crippen LogP contribution in [-0.2, 0) is 9.47 Å². The van der Waals surface area contributed by atoms with Gasteiger partial charge in [-0.1, -0.05) is 0 Å². The van der Waals surface area contributed by atoms with Crippen LogP contribution in [0.4, 0.5) is 0 Å². The van der Waals surface area contributed by atoms with E-state index in [0.29, 0.717) is 24.6 Å². The minimum Gasteiger partial charge on any atom is -0.491 e. The van der Waals surface area contributed by atoms with Gasteiger partial charge in [-0.05, 0) is 52.0 Å². The van der Waals surface area contributed by atoms with Gasteiger partial charge < -0.3 is 29.2 Å². The number of aliphatic hydroxyl groups is 2. The minimum atomic E-state index is -0.566. The third-order valence-corrected chi connectivity index (χ3v) is 5.64. The molecule has 0 amide bonds. The lowest BCUT2D eigenvalue weighted by molar-refractivity contribution is -0.0790. The molecule has 0 radical (unpaired) electrons. The summed E-state index contributed by atoms with van der Waals surface area (Å²) in [6, 6.07) is 7.27. The largest absolute Gasteiger partial charge is 0.491 e. The van der Waals surface area contributed by atoms with E-state index in [0.717, 1.165) is 26.2 Å². The molecule has 0 spiro atoms. The lowest BCUT2D eigenvalue weighted by Gasteiger charge is -2.36. The number of hydrogen-bond donors (Lipinski definition) is 2. The fourth-order valence-electron chi connectivity index (χ4n) is 4.59. The van der Waals surface area contributed by atoms with Crippen LogP contribution >= 0.6 is 0 Å². The lowest BCUT2D eigenvalue weighted by atomic mass is 10.2. The van der Waals surface area contributed by atoms with Crippen LogP contribution in [0.15, 0.2) is 24.3 Å². The summed E-state index contributed by atoms with van der Waals surface area (Å²) in [5.41, 5.74) is 0. The highest BCUT2D eigenvalue weighted by Gasteiger charge is 2.25. The Morgan fingerprint density at radius 2 is 1.03 bits per heavy atom. The summed E-state index contributed by atoms with van der Waals surface area (Å²) >= 11 is 0. The number of aliphatic hydroxyl groups excluding tert-OH is 2. The number of morpholine rings is 2. The fraction of sp³-hybridized carbons (Fsp3) is 0.750. The first-order valence-corrected chi connectivity index (χ1v) is 11.7. The Morgan fingerprint density at radius 3 is 1.34 bits per heavy atom. The normalized spacial score (nSPS) is 29.4. The maximum Gasteiger partial charge on any atom is 0.119 e. The van der Waals surface area contributed by atoms with Crippen molar-refractivity contribution in [2.24, 2.45) is 0 Å². The highest BCUT2D eigenvalue weighted by molar-refractivity contribution is 5.31. The van der Waals surface area contributed by atoms with Crippen molar-refractivity contribution >= 4 is 0 Å². The number of benzene rings is 1. The quantitative estimate of drug-likeness (QED) is 0.551. The molecule has 0 bridgehead atoms. The predicted molar refractivity (Wildman–Crippen MR) is 122 cm³/mol. The Kier molecular flexibility index (Phi) is 9.58. The van der Waals surface area contributed by atoms with Crippen molar-refractivity contribution in [3.05, 3.63) is 24.3 Å². The number of hydrogen-bond acceptors (Lipinski definition) is 8. The predicted octanol–water partition coefficient (Wildman–Crippen LogP) is 1.38. The van der Waals surface area contributed by atoms with Gasteiger partial charge >= 0.3 is 0 Å². The third kappa shape index (κ3) is 8.50. The Bertz CT molecular complexity index is 598. The monoisotopic (exact) mass is 452 g/mol. The number of nitrogens with zero attached hydrogens (tertiary/aromatic N) is 2. The summed E-state index contributed by atoms with van der Waals surface area (Å²) in [6.45, 7) is 13.1. The first kappa shape index (κ1) is 25.2. The molecular formula is C24H40N2O6. The second-order valence-electron chi connectivity index (χ2n) is 9.35. The zero-order chi connectivity index (χ0) is 23.1. The van der Waals surface area contributed by atoms with Crippen molar-refractivity contribution in [2.75, 3.05) is 52.5 Å². The molecule has 2 heterocycles. The van der Waals surface area contributed by atoms with Crippen molar-refractivity contribution in [1.82, 2.24) is 9.80 Å². The number of rotatable bonds is 10. The summed E-state index contributed by atoms with van der Waals surface area (Å²) in [5.74, 6) is 1.36. The molecular weight excluding hydrogens is 412 g/mol. The average Bonchev–Trinajstić information content (AvgIpc) is 2.70. The molecule has 8 nitrogen and oxygen atoms in total. The first-order chi connectivity index (χ1) is 15.3. The molecule has 8 heteroatoms. The van der Waals surface area contributed by atoms with Crippen LogP contribution in [0.5, 0.6) is 11.5 Å². The van der Waals surface area contributed by atoms with Crippen LogP contribution in [0.1, 0.15) is 27.7 Å². The van der Waals surface area contributed by atoms with Crippen molar-refractivity contribution in [2.45, 2.75) is 64.3 Å². The molecule has 2 saturated heterocycles. The molecule has 0 aromatic heterocycles. The van der Waals surface area contributed by atoms with E-state index in [1.165, 1.54) is 0 Å². The van der Waals surface area contributed by atoms with Crippen LogP contribution < -0.4 is 9.47 Å². The second-order valence-corrected chi connectivity index (χ2v) is 9.35. The molecule has 6 atom stereocenters. The van der Waals surface area contributed by atoms with Gasteiger partial charge in [0.25, 0.3) is 0 Å². The number of β-amino-alcohol motifs (C(OH)–C–C–N with tert-alkyl or cyclic N) is 2. The van der Waals surface area contributed by atoms with Gasteiger partial charge in [-0.3, -0.25) is 9.80 Å². The highest BCUT2D eigenvalue weighted by atomic mass is 16.5. The molecule has 3 rings (SSSR count). The van der Waals surface area contributed by atoms with E-state index in [9.17, 15) is 10.2 Å². The topological polar surface area (TPSA) is 83.9 Å². The molecule has 2 fully saturated rings. The number of ether oxygens (including phenoxy) is 4. The molecule has 2 aliphatic rings. The van der Waals surface area contributed by atoms with Gasteiger partial charge in [-0.2, -0.15) is 0 Å². The van der Waals surface area contributed by atoms with E-state index in [-0.39, 0.29) is 37.6 Å². The molecule has 2 aliphatic heterocycles. The van der Waals surface area contributed by atoms with E-state index in [1.807, 2.05) is 24.3 Å². The zero-order valence-corrected chi connectivity index (χ0v) is 19.9. The van der Waals surface area contributed by atoms with E-state index in [4.69, 9.17) is 18.9 Å². The molecule has 182 valence electrons. The summed E-state index contributed by atoms with van der Waals surface area (Å²) in [5, 5.41) is 20.7. The van der Waals surface area contributed by atoms with Gasteiger partial charge in [-0.15, -0.1) is 0 Å². The SMILES string of the molecule is C[C@@H]1CN(C[C@H](O)COc2ccc(OC[C@H](O)CN3C[C@@H](C)O[C@@H](C)C3)cc2)C[C@H](C)O1. The maximum absolute atomic E-state index is 10.3. The fourth-order valence-corrected chi connectivity index (χ4v) is 4.59. The van der Waals surface area contributed by atoms with Gasteiger partial charge in [0.1, 0.15) is 36.9 Å². The van der Waals surface area contributed by atoms with Crippen LogP contribution in [0.3, 0.4) is 0 Å². The van der Waals surface area contributed by atoms with Crippen LogP contribution in [0, 0.1) is 0 Å². The lowest BCUT2D eigenvalue weighted by Crippen LogP contribution is -2.48. The summed E-state index contributed by atoms with van der Waals surface area (Å²) in [6.07, 6.45) is -0.413. The van der Waals surface area contributed by atoms with Gasteiger partial charge in [0.2, 0.25) is 0 Å². The van der Waals surface area contributed by atoms with E-state index in [2.05, 4.69) is 37.5 Å². The van der Waals surface area contributed by atoms with Crippen molar-refractivity contribution in [1.29, 1.82) is 0 Å². The zero-order valence-electron chi connectivity index (χ0n) is 19.9. The summed E-state index contributed by atoms with van der Waals surface area (Å²) in [7, 11) is 0. The molecule has 32 heavy (non-hydrogen) atoms. The highest BCUT2D eigenvalue weighted by Crippen LogP contribution is 2.19. The van der Waals surface area contributed by atoms with Crippen molar-refractivity contribution in [3.63, 3.8) is 0 Å². The van der Waals surface area contributed by atoms with E-state index in [1.54, 1.807) is 0 Å². The minimum absolute atomic E-state index is 0.180. The van der Waals surface area contributed by atoms with Gasteiger partial charge in [0.15, 0.2) is 0 Å². The Hall–Kier alpha value is -1.42. The standard InChI is InChI=1S/C24H40N2O6/c1-17-9-25(10-18(2)31-17)13-21(27)15-29-23-5-7-24(8-6-23)30-16-22(28)14-26-11-19(3)32-20(4)12-26/h5-8,17-22,27-28H,9-16H2,1-4H3/t17-,18+,19-,20+,21-,22+. The molecule has 1 aromatic carbocycles. The molecule has 1 aromatic rings. The first-order valence-electron chi connectivity index (χ1n) is 11.7. The van der Waals surface area contributed by atoms with Gasteiger partial charge in [0.05, 0.1) is 24.4 Å². The summed E-state index contributed by atoms with van der Waals surface area (Å²) in [4.78, 5) is 4.43. The average molecular weight is 453 g/mol. The van der Waals surface area contributed by atoms with E-state index < -0.39 is 12.2 Å². The van der Waals surface area contributed by atoms with Crippen LogP contribution in [0.25, 0.3) is 0 Å². The van der Waals surface area contributed by atoms with Crippen LogP contribution in [0.2, 0.25) is 0 Å². The molecule has 0 saturated carbocycles. The molecule has 2 N–H and O–H groups in total. The maximum atomic E-state index is 10.3. The van der Waals surface area contributed by atoms with Crippen molar-refractivity contribution in [3.8, 4) is 11.5 Å². The Labute approximate surface area is 192 Å². The van der Waals surface area contributed by atoms with Gasteiger partial charge in [-0.25, -0.2) is 0 Å². The van der Waals surface area contributed by atoms with Crippen molar-refractivity contribution < 1.29 is 29.2 Å².